The minimum Gasteiger partial charge on any atom is -0.493 e. The Hall–Kier alpha value is -3.02. The Morgan fingerprint density at radius 2 is 1.86 bits per heavy atom. The third kappa shape index (κ3) is 4.63. The Balaban J connectivity index is 1.57. The molecular weight excluding hydrogens is 358 g/mol. The zero-order valence-electron chi connectivity index (χ0n) is 16.3. The topological polar surface area (TPSA) is 65.1 Å². The standard InChI is InChI=1S/C22H25NO5/c1-3-12-27-19-9-8-17(13-20(19)26-2)22(25)28-15-21(24)23-11-10-16-6-4-5-7-18(16)14-23/h4-9,13H,3,10-12,14-15H2,1-2H3. The van der Waals surface area contributed by atoms with Crippen molar-refractivity contribution in [2.45, 2.75) is 26.3 Å². The predicted molar refractivity (Wildman–Crippen MR) is 105 cm³/mol. The molecule has 148 valence electrons. The Morgan fingerprint density at radius 1 is 1.07 bits per heavy atom. The van der Waals surface area contributed by atoms with Gasteiger partial charge in [0.1, 0.15) is 0 Å². The number of hydrogen-bond acceptors (Lipinski definition) is 5. The van der Waals surface area contributed by atoms with E-state index in [1.54, 1.807) is 23.1 Å². The molecule has 0 spiro atoms. The molecule has 0 saturated heterocycles. The number of esters is 1. The van der Waals surface area contributed by atoms with Crippen molar-refractivity contribution in [2.24, 2.45) is 0 Å². The van der Waals surface area contributed by atoms with Crippen molar-refractivity contribution in [1.29, 1.82) is 0 Å². The molecule has 2 aromatic carbocycles. The van der Waals surface area contributed by atoms with Gasteiger partial charge in [-0.25, -0.2) is 4.79 Å². The third-order valence-corrected chi connectivity index (χ3v) is 4.67. The minimum atomic E-state index is -0.564. The Bertz CT molecular complexity index is 849. The highest BCUT2D eigenvalue weighted by Crippen LogP contribution is 2.28. The van der Waals surface area contributed by atoms with Crippen molar-refractivity contribution in [3.63, 3.8) is 0 Å². The number of methoxy groups -OCH3 is 1. The van der Waals surface area contributed by atoms with Gasteiger partial charge >= 0.3 is 5.97 Å². The Morgan fingerprint density at radius 3 is 2.61 bits per heavy atom. The third-order valence-electron chi connectivity index (χ3n) is 4.67. The van der Waals surface area contributed by atoms with E-state index < -0.39 is 5.97 Å². The van der Waals surface area contributed by atoms with Crippen LogP contribution in [0, 0.1) is 0 Å². The van der Waals surface area contributed by atoms with Crippen molar-refractivity contribution in [3.05, 3.63) is 59.2 Å². The van der Waals surface area contributed by atoms with Crippen molar-refractivity contribution < 1.29 is 23.8 Å². The first-order valence-corrected chi connectivity index (χ1v) is 9.45. The zero-order chi connectivity index (χ0) is 19.9. The fourth-order valence-electron chi connectivity index (χ4n) is 3.14. The summed E-state index contributed by atoms with van der Waals surface area (Å²) in [6, 6.07) is 12.9. The van der Waals surface area contributed by atoms with Crippen LogP contribution in [0.1, 0.15) is 34.8 Å². The van der Waals surface area contributed by atoms with E-state index in [0.717, 1.165) is 18.4 Å². The summed E-state index contributed by atoms with van der Waals surface area (Å²) in [5.74, 6) is 0.273. The molecule has 6 nitrogen and oxygen atoms in total. The fourth-order valence-corrected chi connectivity index (χ4v) is 3.14. The van der Waals surface area contributed by atoms with Gasteiger partial charge in [0, 0.05) is 13.1 Å². The summed E-state index contributed by atoms with van der Waals surface area (Å²) in [5.41, 5.74) is 2.72. The van der Waals surface area contributed by atoms with Crippen LogP contribution in [0.2, 0.25) is 0 Å². The molecule has 0 N–H and O–H groups in total. The maximum absolute atomic E-state index is 12.4. The second-order valence-electron chi connectivity index (χ2n) is 6.62. The van der Waals surface area contributed by atoms with Gasteiger partial charge in [-0.15, -0.1) is 0 Å². The van der Waals surface area contributed by atoms with E-state index in [-0.39, 0.29) is 12.5 Å². The zero-order valence-corrected chi connectivity index (χ0v) is 16.3. The second-order valence-corrected chi connectivity index (χ2v) is 6.62. The number of ether oxygens (including phenoxy) is 3. The average Bonchev–Trinajstić information content (AvgIpc) is 2.75. The predicted octanol–water partition coefficient (Wildman–Crippen LogP) is 3.23. The molecule has 0 saturated carbocycles. The molecule has 1 aliphatic heterocycles. The van der Waals surface area contributed by atoms with Crippen molar-refractivity contribution in [1.82, 2.24) is 4.90 Å². The summed E-state index contributed by atoms with van der Waals surface area (Å²) in [7, 11) is 1.51. The first kappa shape index (κ1) is 19.7. The molecular formula is C22H25NO5. The van der Waals surface area contributed by atoms with Crippen LogP contribution in [0.5, 0.6) is 11.5 Å². The average molecular weight is 383 g/mol. The van der Waals surface area contributed by atoms with Gasteiger partial charge in [-0.3, -0.25) is 4.79 Å². The van der Waals surface area contributed by atoms with Crippen LogP contribution in [0.25, 0.3) is 0 Å². The molecule has 0 fully saturated rings. The molecule has 3 rings (SSSR count). The maximum Gasteiger partial charge on any atom is 0.338 e. The number of benzene rings is 2. The number of hydrogen-bond donors (Lipinski definition) is 0. The molecule has 0 unspecified atom stereocenters. The molecule has 0 atom stereocenters. The van der Waals surface area contributed by atoms with Gasteiger partial charge in [-0.2, -0.15) is 0 Å². The Labute approximate surface area is 165 Å². The highest BCUT2D eigenvalue weighted by Gasteiger charge is 2.22. The highest BCUT2D eigenvalue weighted by atomic mass is 16.5. The van der Waals surface area contributed by atoms with Gasteiger partial charge in [-0.05, 0) is 42.2 Å². The normalized spacial score (nSPS) is 12.9. The quantitative estimate of drug-likeness (QED) is 0.687. The highest BCUT2D eigenvalue weighted by molar-refractivity contribution is 5.92. The molecule has 0 aromatic heterocycles. The van der Waals surface area contributed by atoms with Gasteiger partial charge in [0.15, 0.2) is 18.1 Å². The number of nitrogens with zero attached hydrogens (tertiary/aromatic N) is 1. The molecule has 0 aliphatic carbocycles. The SMILES string of the molecule is CCCOc1ccc(C(=O)OCC(=O)N2CCc3ccccc3C2)cc1OC. The summed E-state index contributed by atoms with van der Waals surface area (Å²) >= 11 is 0. The van der Waals surface area contributed by atoms with E-state index in [2.05, 4.69) is 6.07 Å². The summed E-state index contributed by atoms with van der Waals surface area (Å²) in [6.45, 7) is 3.47. The number of rotatable bonds is 7. The van der Waals surface area contributed by atoms with E-state index in [0.29, 0.717) is 36.8 Å². The van der Waals surface area contributed by atoms with Crippen LogP contribution < -0.4 is 9.47 Å². The lowest BCUT2D eigenvalue weighted by Gasteiger charge is -2.28. The molecule has 28 heavy (non-hydrogen) atoms. The van der Waals surface area contributed by atoms with Crippen LogP contribution in [-0.4, -0.2) is 43.6 Å². The van der Waals surface area contributed by atoms with Gasteiger partial charge < -0.3 is 19.1 Å². The lowest BCUT2D eigenvalue weighted by atomic mass is 10.00. The van der Waals surface area contributed by atoms with Crippen LogP contribution in [-0.2, 0) is 22.5 Å². The van der Waals surface area contributed by atoms with Crippen LogP contribution in [0.3, 0.4) is 0 Å². The van der Waals surface area contributed by atoms with Crippen LogP contribution >= 0.6 is 0 Å². The van der Waals surface area contributed by atoms with Crippen LogP contribution in [0.4, 0.5) is 0 Å². The van der Waals surface area contributed by atoms with Crippen LogP contribution in [0.15, 0.2) is 42.5 Å². The van der Waals surface area contributed by atoms with E-state index >= 15 is 0 Å². The number of carbonyl (C=O) groups is 2. The second kappa shape index (κ2) is 9.26. The molecule has 1 amide bonds. The van der Waals surface area contributed by atoms with E-state index in [1.165, 1.54) is 12.7 Å². The van der Waals surface area contributed by atoms with E-state index in [9.17, 15) is 9.59 Å². The van der Waals surface area contributed by atoms with E-state index in [4.69, 9.17) is 14.2 Å². The lowest BCUT2D eigenvalue weighted by molar-refractivity contribution is -0.135. The molecule has 6 heteroatoms. The number of carbonyl (C=O) groups excluding carboxylic acids is 2. The molecule has 0 radical (unpaired) electrons. The maximum atomic E-state index is 12.4. The van der Waals surface area contributed by atoms with Crippen molar-refractivity contribution >= 4 is 11.9 Å². The minimum absolute atomic E-state index is 0.197. The largest absolute Gasteiger partial charge is 0.493 e. The van der Waals surface area contributed by atoms with E-state index in [1.807, 2.05) is 25.1 Å². The monoisotopic (exact) mass is 383 g/mol. The first-order chi connectivity index (χ1) is 13.6. The lowest BCUT2D eigenvalue weighted by Crippen LogP contribution is -2.38. The van der Waals surface area contributed by atoms with Gasteiger partial charge in [-0.1, -0.05) is 31.2 Å². The molecule has 0 bridgehead atoms. The number of fused-ring (bicyclic) bond motifs is 1. The van der Waals surface area contributed by atoms with Gasteiger partial charge in [0.25, 0.3) is 5.91 Å². The van der Waals surface area contributed by atoms with Crippen molar-refractivity contribution in [3.8, 4) is 11.5 Å². The summed E-state index contributed by atoms with van der Waals surface area (Å²) in [4.78, 5) is 26.5. The first-order valence-electron chi connectivity index (χ1n) is 9.45. The summed E-state index contributed by atoms with van der Waals surface area (Å²) in [5, 5.41) is 0. The molecule has 1 aliphatic rings. The molecule has 2 aromatic rings. The Kier molecular flexibility index (Phi) is 6.53. The molecule has 1 heterocycles. The summed E-state index contributed by atoms with van der Waals surface area (Å²) in [6.07, 6.45) is 1.68. The van der Waals surface area contributed by atoms with Crippen molar-refractivity contribution in [2.75, 3.05) is 26.9 Å². The fraction of sp³-hybridized carbons (Fsp3) is 0.364. The smallest absolute Gasteiger partial charge is 0.338 e. The van der Waals surface area contributed by atoms with Gasteiger partial charge in [0.05, 0.1) is 19.3 Å². The summed E-state index contributed by atoms with van der Waals surface area (Å²) < 4.78 is 16.1. The number of amides is 1. The van der Waals surface area contributed by atoms with Gasteiger partial charge in [0.2, 0.25) is 0 Å².